The molecule has 6 heteroatoms. The van der Waals surface area contributed by atoms with E-state index in [1.807, 2.05) is 6.92 Å². The van der Waals surface area contributed by atoms with Crippen LogP contribution >= 0.6 is 0 Å². The fourth-order valence-electron chi connectivity index (χ4n) is 1.27. The number of anilines is 1. The summed E-state index contributed by atoms with van der Waals surface area (Å²) in [5.41, 5.74) is 0. The number of carboxylic acid groups (broad SMARTS) is 1. The van der Waals surface area contributed by atoms with Crippen molar-refractivity contribution in [3.05, 3.63) is 25.0 Å². The van der Waals surface area contributed by atoms with Crippen LogP contribution in [0.5, 0.6) is 5.88 Å². The predicted molar refractivity (Wildman–Crippen MR) is 63.2 cm³/mol. The predicted octanol–water partition coefficient (Wildman–Crippen LogP) is 0.952. The van der Waals surface area contributed by atoms with E-state index >= 15 is 0 Å². The second kappa shape index (κ2) is 6.47. The molecular formula is C11H15N3O3. The molecule has 0 amide bonds. The van der Waals surface area contributed by atoms with Crippen molar-refractivity contribution in [2.45, 2.75) is 6.92 Å². The largest absolute Gasteiger partial charge is 0.480 e. The first-order chi connectivity index (χ1) is 8.17. The lowest BCUT2D eigenvalue weighted by atomic mass is 10.4. The lowest BCUT2D eigenvalue weighted by molar-refractivity contribution is -0.135. The van der Waals surface area contributed by atoms with Crippen LogP contribution in [0.3, 0.4) is 0 Å². The maximum absolute atomic E-state index is 10.7. The summed E-state index contributed by atoms with van der Waals surface area (Å²) in [6.45, 7) is 6.13. The van der Waals surface area contributed by atoms with Crippen molar-refractivity contribution in [2.75, 3.05) is 24.6 Å². The zero-order chi connectivity index (χ0) is 12.7. The van der Waals surface area contributed by atoms with E-state index in [2.05, 4.69) is 16.5 Å². The number of nitrogens with zero attached hydrogens (tertiary/aromatic N) is 3. The first-order valence-electron chi connectivity index (χ1n) is 5.19. The van der Waals surface area contributed by atoms with Crippen molar-refractivity contribution < 1.29 is 14.6 Å². The minimum absolute atomic E-state index is 0.156. The molecule has 0 saturated heterocycles. The van der Waals surface area contributed by atoms with Gasteiger partial charge in [0.05, 0.1) is 19.0 Å². The highest BCUT2D eigenvalue weighted by Gasteiger charge is 2.11. The molecule has 0 bridgehead atoms. The number of rotatable bonds is 7. The minimum atomic E-state index is -0.935. The van der Waals surface area contributed by atoms with Crippen molar-refractivity contribution in [1.82, 2.24) is 9.97 Å². The van der Waals surface area contributed by atoms with Crippen molar-refractivity contribution >= 4 is 11.8 Å². The zero-order valence-electron chi connectivity index (χ0n) is 9.67. The maximum Gasteiger partial charge on any atom is 0.323 e. The highest BCUT2D eigenvalue weighted by Crippen LogP contribution is 2.13. The molecule has 17 heavy (non-hydrogen) atoms. The number of aliphatic carboxylic acids is 1. The van der Waals surface area contributed by atoms with E-state index in [0.29, 0.717) is 24.8 Å². The van der Waals surface area contributed by atoms with Gasteiger partial charge in [0, 0.05) is 6.54 Å². The minimum Gasteiger partial charge on any atom is -0.480 e. The van der Waals surface area contributed by atoms with Gasteiger partial charge in [0.15, 0.2) is 5.82 Å². The molecule has 1 heterocycles. The Morgan fingerprint density at radius 2 is 2.41 bits per heavy atom. The average molecular weight is 237 g/mol. The lowest BCUT2D eigenvalue weighted by Gasteiger charge is -2.19. The summed E-state index contributed by atoms with van der Waals surface area (Å²) in [7, 11) is 0. The van der Waals surface area contributed by atoms with Gasteiger partial charge >= 0.3 is 5.97 Å². The third-order valence-corrected chi connectivity index (χ3v) is 1.89. The van der Waals surface area contributed by atoms with E-state index in [4.69, 9.17) is 9.84 Å². The molecule has 1 N–H and O–H groups in total. The van der Waals surface area contributed by atoms with E-state index in [1.165, 1.54) is 12.4 Å². The first-order valence-corrected chi connectivity index (χ1v) is 5.19. The summed E-state index contributed by atoms with van der Waals surface area (Å²) >= 11 is 0. The van der Waals surface area contributed by atoms with Crippen molar-refractivity contribution in [1.29, 1.82) is 0 Å². The molecule has 0 atom stereocenters. The van der Waals surface area contributed by atoms with Crippen LogP contribution in [0.2, 0.25) is 0 Å². The Balaban J connectivity index is 2.88. The molecule has 0 aromatic carbocycles. The summed E-state index contributed by atoms with van der Waals surface area (Å²) in [4.78, 5) is 20.4. The molecule has 0 unspecified atom stereocenters. The van der Waals surface area contributed by atoms with Crippen LogP contribution in [0.15, 0.2) is 25.0 Å². The molecule has 0 aliphatic rings. The van der Waals surface area contributed by atoms with E-state index < -0.39 is 5.97 Å². The maximum atomic E-state index is 10.7. The first kappa shape index (κ1) is 13.0. The van der Waals surface area contributed by atoms with Crippen LogP contribution in [0.1, 0.15) is 6.92 Å². The molecule has 1 aromatic rings. The van der Waals surface area contributed by atoms with Crippen molar-refractivity contribution in [3.8, 4) is 5.88 Å². The summed E-state index contributed by atoms with van der Waals surface area (Å²) in [5.74, 6) is -0.0989. The van der Waals surface area contributed by atoms with Crippen LogP contribution in [0, 0.1) is 0 Å². The molecule has 0 aliphatic carbocycles. The Hall–Kier alpha value is -2.11. The van der Waals surface area contributed by atoms with Gasteiger partial charge < -0.3 is 14.7 Å². The van der Waals surface area contributed by atoms with Crippen LogP contribution in [-0.4, -0.2) is 40.7 Å². The average Bonchev–Trinajstić information content (AvgIpc) is 2.29. The third-order valence-electron chi connectivity index (χ3n) is 1.89. The van der Waals surface area contributed by atoms with Gasteiger partial charge in [0.2, 0.25) is 5.88 Å². The second-order valence-corrected chi connectivity index (χ2v) is 3.21. The SMILES string of the molecule is C=CCN(CC(=O)O)c1cncc(OCC)n1. The monoisotopic (exact) mass is 237 g/mol. The van der Waals surface area contributed by atoms with Gasteiger partial charge in [0.25, 0.3) is 0 Å². The van der Waals surface area contributed by atoms with Gasteiger partial charge in [-0.3, -0.25) is 9.78 Å². The smallest absolute Gasteiger partial charge is 0.323 e. The molecule has 6 nitrogen and oxygen atoms in total. The highest BCUT2D eigenvalue weighted by molar-refractivity contribution is 5.73. The van der Waals surface area contributed by atoms with Crippen LogP contribution < -0.4 is 9.64 Å². The van der Waals surface area contributed by atoms with E-state index in [0.717, 1.165) is 0 Å². The lowest BCUT2D eigenvalue weighted by Crippen LogP contribution is -2.30. The fourth-order valence-corrected chi connectivity index (χ4v) is 1.27. The van der Waals surface area contributed by atoms with Gasteiger partial charge in [-0.15, -0.1) is 6.58 Å². The fraction of sp³-hybridized carbons (Fsp3) is 0.364. The van der Waals surface area contributed by atoms with E-state index in [1.54, 1.807) is 11.0 Å². The number of hydrogen-bond donors (Lipinski definition) is 1. The van der Waals surface area contributed by atoms with Crippen LogP contribution in [0.25, 0.3) is 0 Å². The number of aromatic nitrogens is 2. The van der Waals surface area contributed by atoms with Gasteiger partial charge in [-0.05, 0) is 6.92 Å². The third kappa shape index (κ3) is 4.10. The molecule has 0 spiro atoms. The normalized spacial score (nSPS) is 9.71. The highest BCUT2D eigenvalue weighted by atomic mass is 16.5. The summed E-state index contributed by atoms with van der Waals surface area (Å²) in [6.07, 6.45) is 4.59. The Morgan fingerprint density at radius 3 is 3.00 bits per heavy atom. The second-order valence-electron chi connectivity index (χ2n) is 3.21. The number of hydrogen-bond acceptors (Lipinski definition) is 5. The number of carboxylic acids is 1. The summed E-state index contributed by atoms with van der Waals surface area (Å²) in [5, 5.41) is 8.79. The molecular weight excluding hydrogens is 222 g/mol. The van der Waals surface area contributed by atoms with Gasteiger partial charge in [0.1, 0.15) is 6.54 Å². The van der Waals surface area contributed by atoms with E-state index in [9.17, 15) is 4.79 Å². The van der Waals surface area contributed by atoms with E-state index in [-0.39, 0.29) is 6.54 Å². The van der Waals surface area contributed by atoms with Gasteiger partial charge in [-0.25, -0.2) is 0 Å². The molecule has 1 rings (SSSR count). The van der Waals surface area contributed by atoms with Crippen molar-refractivity contribution in [3.63, 3.8) is 0 Å². The van der Waals surface area contributed by atoms with Crippen LogP contribution in [0.4, 0.5) is 5.82 Å². The van der Waals surface area contributed by atoms with Gasteiger partial charge in [-0.2, -0.15) is 4.98 Å². The Kier molecular flexibility index (Phi) is 4.93. The Labute approximate surface area is 99.6 Å². The quantitative estimate of drug-likeness (QED) is 0.712. The Morgan fingerprint density at radius 1 is 1.65 bits per heavy atom. The Bertz CT molecular complexity index is 395. The van der Waals surface area contributed by atoms with Gasteiger partial charge in [-0.1, -0.05) is 6.08 Å². The van der Waals surface area contributed by atoms with Crippen molar-refractivity contribution in [2.24, 2.45) is 0 Å². The number of carbonyl (C=O) groups is 1. The molecule has 0 aliphatic heterocycles. The molecule has 0 radical (unpaired) electrons. The van der Waals surface area contributed by atoms with Crippen LogP contribution in [-0.2, 0) is 4.79 Å². The topological polar surface area (TPSA) is 75.6 Å². The molecule has 0 saturated carbocycles. The molecule has 1 aromatic heterocycles. The number of ether oxygens (including phenoxy) is 1. The zero-order valence-corrected chi connectivity index (χ0v) is 9.67. The standard InChI is InChI=1S/C11H15N3O3/c1-3-5-14(8-11(15)16)9-6-12-7-10(13-9)17-4-2/h3,6-7H,1,4-5,8H2,2H3,(H,15,16). The summed E-state index contributed by atoms with van der Waals surface area (Å²) < 4.78 is 5.21. The summed E-state index contributed by atoms with van der Waals surface area (Å²) in [6, 6.07) is 0. The molecule has 92 valence electrons. The molecule has 0 fully saturated rings.